The molecule has 29 heavy (non-hydrogen) atoms. The molecule has 5 nitrogen and oxygen atoms in total. The summed E-state index contributed by atoms with van der Waals surface area (Å²) >= 11 is 5.99. The van der Waals surface area contributed by atoms with Crippen molar-refractivity contribution >= 4 is 17.6 Å². The first-order valence-electron chi connectivity index (χ1n) is 10.4. The monoisotopic (exact) mass is 416 g/mol. The van der Waals surface area contributed by atoms with E-state index in [-0.39, 0.29) is 12.2 Å². The van der Waals surface area contributed by atoms with Gasteiger partial charge in [-0.2, -0.15) is 0 Å². The highest BCUT2D eigenvalue weighted by Gasteiger charge is 2.23. The Labute approximate surface area is 178 Å². The highest BCUT2D eigenvalue weighted by atomic mass is 35.5. The molecule has 1 saturated heterocycles. The molecule has 1 fully saturated rings. The molecule has 0 amide bonds. The van der Waals surface area contributed by atoms with E-state index in [4.69, 9.17) is 21.1 Å². The van der Waals surface area contributed by atoms with Crippen LogP contribution in [0.25, 0.3) is 11.1 Å². The standard InChI is InChI=1S/C23H29ClN2O3/c1-2-28-23(27)7-5-15-26-14-4-3-6-22(26)29-17-21-16-19(12-13-25-21)18-8-10-20(24)11-9-18/h8-13,16,22H,2-7,14-15,17H2,1H3/t22-/m0/s1. The van der Waals surface area contributed by atoms with Crippen molar-refractivity contribution in [1.29, 1.82) is 0 Å². The van der Waals surface area contributed by atoms with Gasteiger partial charge in [0.15, 0.2) is 0 Å². The van der Waals surface area contributed by atoms with Gasteiger partial charge in [-0.25, -0.2) is 0 Å². The van der Waals surface area contributed by atoms with Crippen molar-refractivity contribution in [3.63, 3.8) is 0 Å². The number of hydrogen-bond donors (Lipinski definition) is 0. The first-order chi connectivity index (χ1) is 14.2. The van der Waals surface area contributed by atoms with Crippen LogP contribution in [0.15, 0.2) is 42.6 Å². The minimum absolute atomic E-state index is 0.0759. The quantitative estimate of drug-likeness (QED) is 0.534. The molecule has 156 valence electrons. The Bertz CT molecular complexity index is 782. The van der Waals surface area contributed by atoms with Gasteiger partial charge in [0.1, 0.15) is 6.23 Å². The molecule has 2 heterocycles. The Morgan fingerprint density at radius 1 is 1.21 bits per heavy atom. The van der Waals surface area contributed by atoms with Crippen LogP contribution in [0.3, 0.4) is 0 Å². The summed E-state index contributed by atoms with van der Waals surface area (Å²) in [5, 5.41) is 0.728. The molecule has 0 spiro atoms. The average Bonchev–Trinajstić information content (AvgIpc) is 2.74. The summed E-state index contributed by atoms with van der Waals surface area (Å²) in [6.45, 7) is 4.60. The molecule has 1 atom stereocenters. The summed E-state index contributed by atoms with van der Waals surface area (Å²) < 4.78 is 11.2. The van der Waals surface area contributed by atoms with Gasteiger partial charge in [-0.05, 0) is 68.0 Å². The number of carbonyl (C=O) groups is 1. The van der Waals surface area contributed by atoms with Gasteiger partial charge in [-0.3, -0.25) is 14.7 Å². The van der Waals surface area contributed by atoms with Crippen molar-refractivity contribution in [2.24, 2.45) is 0 Å². The van der Waals surface area contributed by atoms with E-state index in [1.165, 1.54) is 6.42 Å². The van der Waals surface area contributed by atoms with Gasteiger partial charge in [0.05, 0.1) is 18.9 Å². The van der Waals surface area contributed by atoms with E-state index in [1.54, 1.807) is 0 Å². The van der Waals surface area contributed by atoms with Gasteiger partial charge < -0.3 is 9.47 Å². The number of ether oxygens (including phenoxy) is 2. The molecular weight excluding hydrogens is 388 g/mol. The third-order valence-electron chi connectivity index (χ3n) is 5.10. The van der Waals surface area contributed by atoms with Crippen LogP contribution in [-0.4, -0.2) is 41.8 Å². The first-order valence-corrected chi connectivity index (χ1v) is 10.8. The van der Waals surface area contributed by atoms with Crippen molar-refractivity contribution in [3.8, 4) is 11.1 Å². The van der Waals surface area contributed by atoms with Crippen LogP contribution in [0, 0.1) is 0 Å². The number of nitrogens with zero attached hydrogens (tertiary/aromatic N) is 2. The van der Waals surface area contributed by atoms with E-state index in [0.717, 1.165) is 54.2 Å². The van der Waals surface area contributed by atoms with Gasteiger partial charge in [0.2, 0.25) is 0 Å². The van der Waals surface area contributed by atoms with Crippen molar-refractivity contribution < 1.29 is 14.3 Å². The van der Waals surface area contributed by atoms with Crippen molar-refractivity contribution in [2.75, 3.05) is 19.7 Å². The average molecular weight is 417 g/mol. The molecule has 6 heteroatoms. The summed E-state index contributed by atoms with van der Waals surface area (Å²) in [7, 11) is 0. The third kappa shape index (κ3) is 6.81. The molecule has 0 N–H and O–H groups in total. The molecule has 2 aromatic rings. The van der Waals surface area contributed by atoms with Crippen LogP contribution < -0.4 is 0 Å². The maximum Gasteiger partial charge on any atom is 0.305 e. The number of carbonyl (C=O) groups excluding carboxylic acids is 1. The Kier molecular flexibility index (Phi) is 8.47. The molecule has 1 aliphatic rings. The van der Waals surface area contributed by atoms with Gasteiger partial charge in [-0.1, -0.05) is 23.7 Å². The van der Waals surface area contributed by atoms with Crippen molar-refractivity contribution in [1.82, 2.24) is 9.88 Å². The minimum Gasteiger partial charge on any atom is -0.466 e. The third-order valence-corrected chi connectivity index (χ3v) is 5.35. The number of piperidine rings is 1. The van der Waals surface area contributed by atoms with Crippen LogP contribution in [0.1, 0.15) is 44.7 Å². The van der Waals surface area contributed by atoms with Crippen LogP contribution in [0.5, 0.6) is 0 Å². The highest BCUT2D eigenvalue weighted by Crippen LogP contribution is 2.23. The van der Waals surface area contributed by atoms with Gasteiger partial charge in [0, 0.05) is 30.7 Å². The maximum absolute atomic E-state index is 11.6. The molecule has 0 aliphatic carbocycles. The summed E-state index contributed by atoms with van der Waals surface area (Å²) in [5.74, 6) is -0.120. The number of likely N-dealkylation sites (tertiary alicyclic amines) is 1. The number of rotatable bonds is 9. The van der Waals surface area contributed by atoms with E-state index in [9.17, 15) is 4.79 Å². The van der Waals surface area contributed by atoms with Gasteiger partial charge in [-0.15, -0.1) is 0 Å². The lowest BCUT2D eigenvalue weighted by Crippen LogP contribution is -2.41. The minimum atomic E-state index is -0.120. The highest BCUT2D eigenvalue weighted by molar-refractivity contribution is 6.30. The lowest BCUT2D eigenvalue weighted by atomic mass is 10.1. The van der Waals surface area contributed by atoms with Crippen LogP contribution >= 0.6 is 11.6 Å². The van der Waals surface area contributed by atoms with E-state index < -0.39 is 0 Å². The normalized spacial score (nSPS) is 17.2. The fraction of sp³-hybridized carbons (Fsp3) is 0.478. The fourth-order valence-electron chi connectivity index (χ4n) is 3.63. The van der Waals surface area contributed by atoms with Gasteiger partial charge >= 0.3 is 5.97 Å². The number of benzene rings is 1. The molecule has 0 radical (unpaired) electrons. The van der Waals surface area contributed by atoms with E-state index >= 15 is 0 Å². The topological polar surface area (TPSA) is 51.7 Å². The Morgan fingerprint density at radius 3 is 2.83 bits per heavy atom. The predicted octanol–water partition coefficient (Wildman–Crippen LogP) is 5.07. The second-order valence-corrected chi connectivity index (χ2v) is 7.69. The second kappa shape index (κ2) is 11.3. The Hall–Kier alpha value is -1.95. The molecule has 1 aromatic heterocycles. The van der Waals surface area contributed by atoms with Crippen LogP contribution in [0.2, 0.25) is 5.02 Å². The van der Waals surface area contributed by atoms with Crippen molar-refractivity contribution in [2.45, 2.75) is 51.9 Å². The molecule has 1 aliphatic heterocycles. The number of hydrogen-bond acceptors (Lipinski definition) is 5. The zero-order chi connectivity index (χ0) is 20.5. The zero-order valence-electron chi connectivity index (χ0n) is 17.0. The molecule has 0 unspecified atom stereocenters. The SMILES string of the molecule is CCOC(=O)CCCN1CCCC[C@@H]1OCc1cc(-c2ccc(Cl)cc2)ccn1. The summed E-state index contributed by atoms with van der Waals surface area (Å²) in [4.78, 5) is 18.4. The Balaban J connectivity index is 1.54. The predicted molar refractivity (Wildman–Crippen MR) is 115 cm³/mol. The first kappa shape index (κ1) is 21.8. The number of aromatic nitrogens is 1. The summed E-state index contributed by atoms with van der Waals surface area (Å²) in [5.41, 5.74) is 3.12. The van der Waals surface area contributed by atoms with Crippen LogP contribution in [-0.2, 0) is 20.9 Å². The maximum atomic E-state index is 11.6. The molecule has 0 bridgehead atoms. The largest absolute Gasteiger partial charge is 0.466 e. The zero-order valence-corrected chi connectivity index (χ0v) is 17.7. The number of esters is 1. The van der Waals surface area contributed by atoms with E-state index in [0.29, 0.717) is 19.6 Å². The fourth-order valence-corrected chi connectivity index (χ4v) is 3.75. The lowest BCUT2D eigenvalue weighted by Gasteiger charge is -2.35. The summed E-state index contributed by atoms with van der Waals surface area (Å²) in [6.07, 6.45) is 6.50. The smallest absolute Gasteiger partial charge is 0.305 e. The molecule has 3 rings (SSSR count). The summed E-state index contributed by atoms with van der Waals surface area (Å²) in [6, 6.07) is 11.9. The van der Waals surface area contributed by atoms with Crippen LogP contribution in [0.4, 0.5) is 0 Å². The molecule has 1 aromatic carbocycles. The van der Waals surface area contributed by atoms with E-state index in [1.807, 2.05) is 43.5 Å². The molecule has 0 saturated carbocycles. The molecular formula is C23H29ClN2O3. The van der Waals surface area contributed by atoms with Gasteiger partial charge in [0.25, 0.3) is 0 Å². The second-order valence-electron chi connectivity index (χ2n) is 7.25. The Morgan fingerprint density at radius 2 is 2.03 bits per heavy atom. The number of halogens is 1. The number of pyridine rings is 1. The lowest BCUT2D eigenvalue weighted by molar-refractivity contribution is -0.143. The van der Waals surface area contributed by atoms with E-state index in [2.05, 4.69) is 16.0 Å². The van der Waals surface area contributed by atoms with Crippen molar-refractivity contribution in [3.05, 3.63) is 53.3 Å².